The molecule has 0 fully saturated rings. The van der Waals surface area contributed by atoms with Gasteiger partial charge < -0.3 is 10.1 Å². The second-order valence-corrected chi connectivity index (χ2v) is 4.27. The number of hydrogen-bond donors (Lipinski definition) is 2. The van der Waals surface area contributed by atoms with E-state index in [1.807, 2.05) is 0 Å². The summed E-state index contributed by atoms with van der Waals surface area (Å²) in [5, 5.41) is 9.67. The third kappa shape index (κ3) is 2.14. The largest absolute Gasteiger partial charge is 0.508 e. The van der Waals surface area contributed by atoms with Gasteiger partial charge in [-0.25, -0.2) is 13.8 Å². The summed E-state index contributed by atoms with van der Waals surface area (Å²) in [4.78, 5) is 6.93. The van der Waals surface area contributed by atoms with Crippen LogP contribution in [0.1, 0.15) is 11.4 Å². The third-order valence-electron chi connectivity index (χ3n) is 2.90. The van der Waals surface area contributed by atoms with Crippen molar-refractivity contribution in [3.8, 4) is 5.75 Å². The number of fused-ring (bicyclic) bond motifs is 1. The van der Waals surface area contributed by atoms with E-state index < -0.39 is 11.6 Å². The normalized spacial score (nSPS) is 11.1. The van der Waals surface area contributed by atoms with Crippen LogP contribution < -0.4 is 0 Å². The van der Waals surface area contributed by atoms with Crippen molar-refractivity contribution < 1.29 is 13.9 Å². The maximum Gasteiger partial charge on any atom is 0.153 e. The summed E-state index contributed by atoms with van der Waals surface area (Å²) >= 11 is 0. The van der Waals surface area contributed by atoms with Gasteiger partial charge in [0.25, 0.3) is 0 Å². The number of nitrogens with one attached hydrogen (secondary N) is 1. The molecule has 0 amide bonds. The van der Waals surface area contributed by atoms with Gasteiger partial charge in [-0.3, -0.25) is 0 Å². The lowest BCUT2D eigenvalue weighted by Crippen LogP contribution is -1.90. The van der Waals surface area contributed by atoms with Crippen molar-refractivity contribution in [3.05, 3.63) is 59.4 Å². The number of imidazole rings is 1. The molecule has 0 saturated heterocycles. The van der Waals surface area contributed by atoms with Gasteiger partial charge in [0.15, 0.2) is 5.82 Å². The molecule has 0 bridgehead atoms. The first kappa shape index (κ1) is 11.6. The summed E-state index contributed by atoms with van der Waals surface area (Å²) < 4.78 is 26.6. The van der Waals surface area contributed by atoms with E-state index in [2.05, 4.69) is 9.97 Å². The minimum atomic E-state index is -0.699. The molecule has 0 aliphatic carbocycles. The number of benzene rings is 2. The highest BCUT2D eigenvalue weighted by molar-refractivity contribution is 5.75. The van der Waals surface area contributed by atoms with E-state index in [0.717, 1.165) is 6.07 Å². The van der Waals surface area contributed by atoms with Gasteiger partial charge in [-0.2, -0.15) is 0 Å². The quantitative estimate of drug-likeness (QED) is 0.743. The minimum Gasteiger partial charge on any atom is -0.508 e. The van der Waals surface area contributed by atoms with Gasteiger partial charge in [0.2, 0.25) is 0 Å². The number of aromatic hydroxyl groups is 1. The number of hydrogen-bond acceptors (Lipinski definition) is 2. The molecule has 3 aromatic rings. The summed E-state index contributed by atoms with van der Waals surface area (Å²) in [5.41, 5.74) is 1.08. The van der Waals surface area contributed by atoms with Crippen molar-refractivity contribution >= 4 is 11.0 Å². The Morgan fingerprint density at radius 2 is 1.95 bits per heavy atom. The Hall–Kier alpha value is -2.43. The Balaban J connectivity index is 2.03. The maximum atomic E-state index is 13.5. The van der Waals surface area contributed by atoms with Crippen LogP contribution in [-0.2, 0) is 6.42 Å². The molecule has 0 aliphatic rings. The first-order chi connectivity index (χ1) is 9.13. The fraction of sp³-hybridized carbons (Fsp3) is 0.0714. The lowest BCUT2D eigenvalue weighted by Gasteiger charge is -2.00. The predicted octanol–water partition coefficient (Wildman–Crippen LogP) is 3.14. The van der Waals surface area contributed by atoms with Crippen LogP contribution in [0.5, 0.6) is 5.75 Å². The molecule has 1 heterocycles. The van der Waals surface area contributed by atoms with Gasteiger partial charge in [0.05, 0.1) is 5.52 Å². The monoisotopic (exact) mass is 260 g/mol. The van der Waals surface area contributed by atoms with Crippen LogP contribution in [0.2, 0.25) is 0 Å². The van der Waals surface area contributed by atoms with E-state index in [4.69, 9.17) is 0 Å². The number of aromatic amines is 1. The number of H-pyrrole nitrogens is 1. The van der Waals surface area contributed by atoms with Crippen molar-refractivity contribution in [1.29, 1.82) is 0 Å². The van der Waals surface area contributed by atoms with Crippen LogP contribution in [0.4, 0.5) is 8.78 Å². The molecule has 0 atom stereocenters. The van der Waals surface area contributed by atoms with Crippen molar-refractivity contribution in [2.45, 2.75) is 6.42 Å². The number of nitrogens with zero attached hydrogens (tertiary/aromatic N) is 1. The molecule has 0 saturated carbocycles. The van der Waals surface area contributed by atoms with Crippen LogP contribution in [-0.4, -0.2) is 15.1 Å². The molecule has 0 aliphatic heterocycles. The number of aromatic nitrogens is 2. The van der Waals surface area contributed by atoms with Gasteiger partial charge in [-0.05, 0) is 12.1 Å². The van der Waals surface area contributed by atoms with Crippen LogP contribution >= 0.6 is 0 Å². The van der Waals surface area contributed by atoms with Crippen LogP contribution in [0.3, 0.4) is 0 Å². The minimum absolute atomic E-state index is 0.104. The molecule has 0 unspecified atom stereocenters. The molecule has 19 heavy (non-hydrogen) atoms. The summed E-state index contributed by atoms with van der Waals surface area (Å²) in [6.07, 6.45) is 0.322. The van der Waals surface area contributed by atoms with E-state index >= 15 is 0 Å². The molecule has 0 radical (unpaired) electrons. The Bertz CT molecular complexity index is 752. The lowest BCUT2D eigenvalue weighted by atomic mass is 10.1. The van der Waals surface area contributed by atoms with E-state index in [-0.39, 0.29) is 11.3 Å². The molecular formula is C14H10F2N2O. The smallest absolute Gasteiger partial charge is 0.153 e. The fourth-order valence-electron chi connectivity index (χ4n) is 2.02. The van der Waals surface area contributed by atoms with E-state index in [1.54, 1.807) is 24.3 Å². The highest BCUT2D eigenvalue weighted by Gasteiger charge is 2.11. The number of halogens is 2. The van der Waals surface area contributed by atoms with Gasteiger partial charge in [0.1, 0.15) is 22.9 Å². The zero-order valence-corrected chi connectivity index (χ0v) is 9.82. The standard InChI is InChI=1S/C14H10F2N2O/c15-9-6-10(16)14-11(7-9)17-13(18-14)5-8-3-1-2-4-12(8)19/h1-4,6-7,19H,5H2,(H,17,18). The number of phenolic OH excluding ortho intramolecular Hbond substituents is 1. The summed E-state index contributed by atoms with van der Waals surface area (Å²) in [6.45, 7) is 0. The molecule has 0 spiro atoms. The summed E-state index contributed by atoms with van der Waals surface area (Å²) in [5.74, 6) is -0.729. The Morgan fingerprint density at radius 1 is 1.16 bits per heavy atom. The number of phenols is 1. The SMILES string of the molecule is Oc1ccccc1Cc1nc2c(F)cc(F)cc2[nH]1. The van der Waals surface area contributed by atoms with Crippen molar-refractivity contribution in [2.24, 2.45) is 0 Å². The van der Waals surface area contributed by atoms with Gasteiger partial charge in [-0.15, -0.1) is 0 Å². The van der Waals surface area contributed by atoms with Crippen LogP contribution in [0.25, 0.3) is 11.0 Å². The Morgan fingerprint density at radius 3 is 2.74 bits per heavy atom. The highest BCUT2D eigenvalue weighted by atomic mass is 19.1. The first-order valence-corrected chi connectivity index (χ1v) is 5.74. The zero-order chi connectivity index (χ0) is 13.4. The maximum absolute atomic E-state index is 13.5. The van der Waals surface area contributed by atoms with E-state index in [1.165, 1.54) is 6.07 Å². The van der Waals surface area contributed by atoms with Gasteiger partial charge >= 0.3 is 0 Å². The molecule has 1 aromatic heterocycles. The zero-order valence-electron chi connectivity index (χ0n) is 9.82. The average Bonchev–Trinajstić information content (AvgIpc) is 2.75. The number of para-hydroxylation sites is 1. The van der Waals surface area contributed by atoms with Crippen molar-refractivity contribution in [3.63, 3.8) is 0 Å². The molecule has 2 N–H and O–H groups in total. The highest BCUT2D eigenvalue weighted by Crippen LogP contribution is 2.22. The molecular weight excluding hydrogens is 250 g/mol. The summed E-state index contributed by atoms with van der Waals surface area (Å²) in [7, 11) is 0. The molecule has 3 nitrogen and oxygen atoms in total. The topological polar surface area (TPSA) is 48.9 Å². The van der Waals surface area contributed by atoms with Crippen molar-refractivity contribution in [2.75, 3.05) is 0 Å². The summed E-state index contributed by atoms with van der Waals surface area (Å²) in [6, 6.07) is 8.81. The van der Waals surface area contributed by atoms with Gasteiger partial charge in [-0.1, -0.05) is 18.2 Å². The Kier molecular flexibility index (Phi) is 2.67. The van der Waals surface area contributed by atoms with Crippen LogP contribution in [0.15, 0.2) is 36.4 Å². The second-order valence-electron chi connectivity index (χ2n) is 4.27. The predicted molar refractivity (Wildman–Crippen MR) is 66.9 cm³/mol. The number of rotatable bonds is 2. The second kappa shape index (κ2) is 4.35. The Labute approximate surface area is 107 Å². The molecule has 96 valence electrons. The van der Waals surface area contributed by atoms with Gasteiger partial charge in [0, 0.05) is 18.1 Å². The van der Waals surface area contributed by atoms with Crippen LogP contribution in [0, 0.1) is 11.6 Å². The molecule has 2 aromatic carbocycles. The molecule has 5 heteroatoms. The third-order valence-corrected chi connectivity index (χ3v) is 2.90. The first-order valence-electron chi connectivity index (χ1n) is 5.74. The van der Waals surface area contributed by atoms with E-state index in [0.29, 0.717) is 23.3 Å². The van der Waals surface area contributed by atoms with E-state index in [9.17, 15) is 13.9 Å². The van der Waals surface area contributed by atoms with Crippen molar-refractivity contribution in [1.82, 2.24) is 9.97 Å². The average molecular weight is 260 g/mol. The lowest BCUT2D eigenvalue weighted by molar-refractivity contribution is 0.469. The molecule has 3 rings (SSSR count). The fourth-order valence-corrected chi connectivity index (χ4v) is 2.02.